The van der Waals surface area contributed by atoms with Crippen molar-refractivity contribution in [2.75, 3.05) is 0 Å². The number of ether oxygens (including phenoxy) is 1. The van der Waals surface area contributed by atoms with E-state index < -0.39 is 40.1 Å². The zero-order valence-corrected chi connectivity index (χ0v) is 18.0. The van der Waals surface area contributed by atoms with E-state index in [2.05, 4.69) is 0 Å². The van der Waals surface area contributed by atoms with E-state index in [1.54, 1.807) is 6.92 Å². The fourth-order valence-corrected chi connectivity index (χ4v) is 4.99. The van der Waals surface area contributed by atoms with Gasteiger partial charge in [-0.3, -0.25) is 19.7 Å². The number of nitro groups is 1. The van der Waals surface area contributed by atoms with E-state index in [-0.39, 0.29) is 29.8 Å². The van der Waals surface area contributed by atoms with E-state index in [4.69, 9.17) is 10.5 Å². The van der Waals surface area contributed by atoms with E-state index in [1.807, 2.05) is 6.92 Å². The molecular formula is C20H23N3O7S. The lowest BCUT2D eigenvalue weighted by Crippen LogP contribution is -2.63. The summed E-state index contributed by atoms with van der Waals surface area (Å²) >= 11 is 1.10. The van der Waals surface area contributed by atoms with Crippen LogP contribution < -0.4 is 5.73 Å². The largest absolute Gasteiger partial charge is 0.456 e. The normalized spacial score (nSPS) is 24.3. The third-order valence-electron chi connectivity index (χ3n) is 5.52. The van der Waals surface area contributed by atoms with Crippen molar-refractivity contribution in [2.24, 2.45) is 17.6 Å². The lowest BCUT2D eigenvalue weighted by Gasteiger charge is -2.46. The number of β-lactam (4-membered cyclic amide) rings is 1. The molecule has 31 heavy (non-hydrogen) atoms. The highest BCUT2D eigenvalue weighted by molar-refractivity contribution is 8.04. The number of hydrogen-bond acceptors (Lipinski definition) is 8. The monoisotopic (exact) mass is 449 g/mol. The molecule has 0 spiro atoms. The topological polar surface area (TPSA) is 153 Å². The summed E-state index contributed by atoms with van der Waals surface area (Å²) in [6.07, 6.45) is -0.883. The van der Waals surface area contributed by atoms with Crippen molar-refractivity contribution in [1.82, 2.24) is 4.90 Å². The maximum absolute atomic E-state index is 12.9. The molecule has 2 heterocycles. The van der Waals surface area contributed by atoms with Gasteiger partial charge in [-0.25, -0.2) is 4.79 Å². The molecule has 0 saturated carbocycles. The second-order valence-corrected chi connectivity index (χ2v) is 9.01. The first-order valence-corrected chi connectivity index (χ1v) is 10.5. The van der Waals surface area contributed by atoms with Crippen LogP contribution in [0.3, 0.4) is 0 Å². The number of esters is 1. The second kappa shape index (κ2) is 8.67. The smallest absolute Gasteiger partial charge is 0.356 e. The molecule has 0 unspecified atom stereocenters. The Bertz CT molecular complexity index is 960. The number of nitrogens with zero attached hydrogens (tertiary/aromatic N) is 2. The predicted molar refractivity (Wildman–Crippen MR) is 111 cm³/mol. The Hall–Kier alpha value is -2.92. The molecule has 1 aromatic carbocycles. The molecule has 2 aliphatic rings. The zero-order chi connectivity index (χ0) is 23.0. The minimum absolute atomic E-state index is 0.0550. The molecule has 1 saturated heterocycles. The number of nitrogens with two attached hydrogens (primary N) is 1. The van der Waals surface area contributed by atoms with Crippen LogP contribution in [-0.2, 0) is 25.7 Å². The van der Waals surface area contributed by atoms with E-state index >= 15 is 0 Å². The Morgan fingerprint density at radius 2 is 1.94 bits per heavy atom. The number of non-ortho nitro benzene ring substituents is 1. The van der Waals surface area contributed by atoms with Gasteiger partial charge < -0.3 is 20.5 Å². The van der Waals surface area contributed by atoms with Gasteiger partial charge in [0.05, 0.1) is 28.2 Å². The Kier molecular flexibility index (Phi) is 6.37. The Morgan fingerprint density at radius 1 is 1.32 bits per heavy atom. The molecule has 0 aromatic heterocycles. The summed E-state index contributed by atoms with van der Waals surface area (Å²) in [5, 5.41) is 20.1. The van der Waals surface area contributed by atoms with Crippen molar-refractivity contribution < 1.29 is 29.2 Å². The molecule has 2 amide bonds. The molecule has 0 radical (unpaired) electrons. The van der Waals surface area contributed by atoms with Crippen molar-refractivity contribution in [1.29, 1.82) is 0 Å². The Balaban J connectivity index is 1.83. The molecule has 1 aromatic rings. The summed E-state index contributed by atoms with van der Waals surface area (Å²) in [6, 6.07) is 5.15. The molecule has 0 bridgehead atoms. The Labute approximate surface area is 182 Å². The Morgan fingerprint density at radius 3 is 2.45 bits per heavy atom. The number of carbonyl (C=O) groups is 3. The highest BCUT2D eigenvalue weighted by atomic mass is 32.2. The van der Waals surface area contributed by atoms with Crippen LogP contribution >= 0.6 is 11.8 Å². The molecule has 11 heteroatoms. The van der Waals surface area contributed by atoms with Crippen molar-refractivity contribution in [3.63, 3.8) is 0 Å². The van der Waals surface area contributed by atoms with Crippen LogP contribution in [0.5, 0.6) is 0 Å². The van der Waals surface area contributed by atoms with Gasteiger partial charge in [-0.2, -0.15) is 0 Å². The summed E-state index contributed by atoms with van der Waals surface area (Å²) < 4.78 is 5.38. The lowest BCUT2D eigenvalue weighted by molar-refractivity contribution is -0.384. The van der Waals surface area contributed by atoms with Crippen LogP contribution in [0.1, 0.15) is 26.3 Å². The lowest BCUT2D eigenvalue weighted by atomic mass is 9.79. The second-order valence-electron chi connectivity index (χ2n) is 7.63. The van der Waals surface area contributed by atoms with Gasteiger partial charge in [0.15, 0.2) is 0 Å². The third-order valence-corrected chi connectivity index (χ3v) is 6.93. The minimum Gasteiger partial charge on any atom is -0.456 e. The number of carbonyl (C=O) groups excluding carboxylic acids is 3. The van der Waals surface area contributed by atoms with Gasteiger partial charge in [-0.1, -0.05) is 6.92 Å². The maximum atomic E-state index is 12.9. The highest BCUT2D eigenvalue weighted by Crippen LogP contribution is 2.51. The molecular weight excluding hydrogens is 426 g/mol. The number of aliphatic hydroxyl groups excluding tert-OH is 1. The van der Waals surface area contributed by atoms with Gasteiger partial charge in [-0.05, 0) is 31.5 Å². The summed E-state index contributed by atoms with van der Waals surface area (Å²) in [4.78, 5) is 49.2. The average Bonchev–Trinajstić information content (AvgIpc) is 2.94. The van der Waals surface area contributed by atoms with Crippen LogP contribution in [0.15, 0.2) is 34.9 Å². The van der Waals surface area contributed by atoms with Crippen LogP contribution in [0, 0.1) is 22.0 Å². The van der Waals surface area contributed by atoms with E-state index in [1.165, 1.54) is 36.1 Å². The quantitative estimate of drug-likeness (QED) is 0.261. The molecule has 2 aliphatic heterocycles. The predicted octanol–water partition coefficient (Wildman–Crippen LogP) is 1.31. The van der Waals surface area contributed by atoms with E-state index in [0.717, 1.165) is 11.8 Å². The van der Waals surface area contributed by atoms with E-state index in [0.29, 0.717) is 10.5 Å². The van der Waals surface area contributed by atoms with E-state index in [9.17, 15) is 29.6 Å². The number of nitro benzene ring substituents is 1. The minimum atomic E-state index is -0.883. The van der Waals surface area contributed by atoms with Gasteiger partial charge in [0.25, 0.3) is 5.69 Å². The number of benzene rings is 1. The summed E-state index contributed by atoms with van der Waals surface area (Å²) in [5.41, 5.74) is 5.88. The third kappa shape index (κ3) is 4.15. The number of aliphatic hydroxyl groups is 1. The van der Waals surface area contributed by atoms with Crippen LogP contribution in [0.25, 0.3) is 0 Å². The fourth-order valence-electron chi connectivity index (χ4n) is 3.85. The van der Waals surface area contributed by atoms with Gasteiger partial charge >= 0.3 is 5.97 Å². The maximum Gasteiger partial charge on any atom is 0.356 e. The average molecular weight is 449 g/mol. The SMILES string of the molecule is C[C@H](SC1=C(C(=O)OCc2ccc([N+](=O)[O-])cc2)N2C(=O)[C@H]([C@@H](C)O)[C@H]2[C@H]1C)C(N)=O. The molecule has 5 atom stereocenters. The van der Waals surface area contributed by atoms with Gasteiger partial charge in [0, 0.05) is 23.0 Å². The van der Waals surface area contributed by atoms with Crippen molar-refractivity contribution in [3.8, 4) is 0 Å². The first-order chi connectivity index (χ1) is 14.5. The summed E-state index contributed by atoms with van der Waals surface area (Å²) in [5.74, 6) is -2.61. The van der Waals surface area contributed by atoms with Crippen molar-refractivity contribution >= 4 is 35.2 Å². The van der Waals surface area contributed by atoms with Crippen LogP contribution in [-0.4, -0.2) is 50.1 Å². The fraction of sp³-hybridized carbons (Fsp3) is 0.450. The van der Waals surface area contributed by atoms with Crippen LogP contribution in [0.2, 0.25) is 0 Å². The first-order valence-electron chi connectivity index (χ1n) is 9.66. The van der Waals surface area contributed by atoms with Gasteiger partial charge in [-0.15, -0.1) is 11.8 Å². The van der Waals surface area contributed by atoms with Crippen molar-refractivity contribution in [3.05, 3.63) is 50.5 Å². The molecule has 1 fully saturated rings. The first kappa shape index (κ1) is 22.8. The standard InChI is InChI=1S/C20H23N3O7S/c1-9-15-14(10(2)24)19(26)22(15)16(17(9)31-11(3)18(21)25)20(27)30-8-12-4-6-13(7-5-12)23(28)29/h4-7,9-11,14-15,24H,8H2,1-3H3,(H2,21,25)/t9-,10-,11+,14-,15-/m1/s1. The van der Waals surface area contributed by atoms with Crippen molar-refractivity contribution in [2.45, 2.75) is 44.8 Å². The zero-order valence-electron chi connectivity index (χ0n) is 17.2. The van der Waals surface area contributed by atoms with Gasteiger partial charge in [0.2, 0.25) is 11.8 Å². The molecule has 3 rings (SSSR count). The number of rotatable bonds is 8. The molecule has 3 N–H and O–H groups in total. The number of amides is 2. The molecule has 166 valence electrons. The van der Waals surface area contributed by atoms with Gasteiger partial charge in [0.1, 0.15) is 12.3 Å². The summed E-state index contributed by atoms with van der Waals surface area (Å²) in [6.45, 7) is 4.81. The number of thioether (sulfide) groups is 1. The number of fused-ring (bicyclic) bond motifs is 1. The van der Waals surface area contributed by atoms with Crippen LogP contribution in [0.4, 0.5) is 5.69 Å². The highest BCUT2D eigenvalue weighted by Gasteiger charge is 2.60. The molecule has 10 nitrogen and oxygen atoms in total. The molecule has 0 aliphatic carbocycles. The number of hydrogen-bond donors (Lipinski definition) is 2. The summed E-state index contributed by atoms with van der Waals surface area (Å²) in [7, 11) is 0. The number of primary amides is 1.